The number of nitrogens with zero attached hydrogens (tertiary/aromatic N) is 1. The highest BCUT2D eigenvalue weighted by Crippen LogP contribution is 2.42. The molecular formula is C23H19NO5. The Morgan fingerprint density at radius 2 is 1.72 bits per heavy atom. The molecule has 3 aromatic rings. The van der Waals surface area contributed by atoms with Crippen molar-refractivity contribution < 1.29 is 23.8 Å². The summed E-state index contributed by atoms with van der Waals surface area (Å²) >= 11 is 0. The number of hydrogen-bond acceptors (Lipinski definition) is 5. The Morgan fingerprint density at radius 1 is 1.03 bits per heavy atom. The van der Waals surface area contributed by atoms with Gasteiger partial charge in [-0.2, -0.15) is 0 Å². The molecule has 2 aromatic carbocycles. The third-order valence-electron chi connectivity index (χ3n) is 4.93. The van der Waals surface area contributed by atoms with Crippen molar-refractivity contribution in [1.82, 2.24) is 0 Å². The number of methoxy groups -OCH3 is 1. The highest BCUT2D eigenvalue weighted by Gasteiger charge is 2.48. The molecule has 1 unspecified atom stereocenters. The first kappa shape index (κ1) is 18.6. The van der Waals surface area contributed by atoms with Crippen LogP contribution in [0, 0.1) is 6.92 Å². The van der Waals surface area contributed by atoms with Gasteiger partial charge in [-0.25, -0.2) is 0 Å². The van der Waals surface area contributed by atoms with Crippen LogP contribution in [0.25, 0.3) is 5.76 Å². The fourth-order valence-electron chi connectivity index (χ4n) is 3.42. The standard InChI is InChI=1S/C23H19NO5/c1-14-5-9-16(10-6-14)24-20(18-4-3-13-29-18)19(22(26)23(24)27)21(25)15-7-11-17(28-2)12-8-15/h3-13,20,25H,1-2H3/b21-19-. The highest BCUT2D eigenvalue weighted by molar-refractivity contribution is 6.51. The van der Waals surface area contributed by atoms with Gasteiger partial charge in [0, 0.05) is 11.3 Å². The Hall–Kier alpha value is -3.80. The lowest BCUT2D eigenvalue weighted by Gasteiger charge is -2.23. The molecule has 0 radical (unpaired) electrons. The van der Waals surface area contributed by atoms with Gasteiger partial charge in [0.1, 0.15) is 23.3 Å². The number of aliphatic hydroxyl groups excluding tert-OH is 1. The number of ether oxygens (including phenoxy) is 1. The summed E-state index contributed by atoms with van der Waals surface area (Å²) in [5.41, 5.74) is 1.96. The molecule has 1 aliphatic heterocycles. The van der Waals surface area contributed by atoms with Gasteiger partial charge in [0.15, 0.2) is 0 Å². The van der Waals surface area contributed by atoms with E-state index in [1.54, 1.807) is 55.6 Å². The number of ketones is 1. The van der Waals surface area contributed by atoms with Crippen LogP contribution in [0.1, 0.15) is 22.9 Å². The van der Waals surface area contributed by atoms with Crippen molar-refractivity contribution in [3.63, 3.8) is 0 Å². The first-order valence-corrected chi connectivity index (χ1v) is 9.06. The number of aryl methyl sites for hydroxylation is 1. The molecule has 1 atom stereocenters. The molecular weight excluding hydrogens is 370 g/mol. The summed E-state index contributed by atoms with van der Waals surface area (Å²) in [6, 6.07) is 16.4. The van der Waals surface area contributed by atoms with Gasteiger partial charge in [0.25, 0.3) is 11.7 Å². The van der Waals surface area contributed by atoms with E-state index in [0.29, 0.717) is 22.8 Å². The molecule has 1 aliphatic rings. The summed E-state index contributed by atoms with van der Waals surface area (Å²) in [4.78, 5) is 27.2. The quantitative estimate of drug-likeness (QED) is 0.410. The van der Waals surface area contributed by atoms with Crippen LogP contribution in [0.2, 0.25) is 0 Å². The van der Waals surface area contributed by atoms with Crippen LogP contribution < -0.4 is 9.64 Å². The van der Waals surface area contributed by atoms with Crippen molar-refractivity contribution in [3.05, 3.63) is 89.4 Å². The first-order valence-electron chi connectivity index (χ1n) is 9.06. The second kappa shape index (κ2) is 7.31. The van der Waals surface area contributed by atoms with E-state index in [2.05, 4.69) is 0 Å². The lowest BCUT2D eigenvalue weighted by molar-refractivity contribution is -0.132. The predicted octanol–water partition coefficient (Wildman–Crippen LogP) is 4.22. The van der Waals surface area contributed by atoms with E-state index in [0.717, 1.165) is 5.56 Å². The number of benzene rings is 2. The maximum absolute atomic E-state index is 12.9. The van der Waals surface area contributed by atoms with E-state index in [-0.39, 0.29) is 11.3 Å². The van der Waals surface area contributed by atoms with Crippen LogP contribution in [-0.4, -0.2) is 23.9 Å². The van der Waals surface area contributed by atoms with Crippen molar-refractivity contribution in [2.45, 2.75) is 13.0 Å². The van der Waals surface area contributed by atoms with Crippen molar-refractivity contribution in [3.8, 4) is 5.75 Å². The van der Waals surface area contributed by atoms with E-state index < -0.39 is 17.7 Å². The predicted molar refractivity (Wildman–Crippen MR) is 108 cm³/mol. The molecule has 6 nitrogen and oxygen atoms in total. The van der Waals surface area contributed by atoms with Crippen LogP contribution in [0.5, 0.6) is 5.75 Å². The molecule has 0 aliphatic carbocycles. The summed E-state index contributed by atoms with van der Waals surface area (Å²) in [5, 5.41) is 10.9. The number of furan rings is 1. The number of amides is 1. The van der Waals surface area contributed by atoms with Crippen molar-refractivity contribution in [2.75, 3.05) is 12.0 Å². The number of carbonyl (C=O) groups excluding carboxylic acids is 2. The summed E-state index contributed by atoms with van der Waals surface area (Å²) in [6.45, 7) is 1.94. The molecule has 6 heteroatoms. The van der Waals surface area contributed by atoms with Crippen LogP contribution in [-0.2, 0) is 9.59 Å². The minimum Gasteiger partial charge on any atom is -0.507 e. The van der Waals surface area contributed by atoms with Gasteiger partial charge in [-0.1, -0.05) is 17.7 Å². The van der Waals surface area contributed by atoms with Crippen molar-refractivity contribution in [1.29, 1.82) is 0 Å². The maximum atomic E-state index is 12.9. The Morgan fingerprint density at radius 3 is 2.31 bits per heavy atom. The summed E-state index contributed by atoms with van der Waals surface area (Å²) in [5.74, 6) is -0.739. The Labute approximate surface area is 167 Å². The number of carbonyl (C=O) groups is 2. The molecule has 2 heterocycles. The Bertz CT molecular complexity index is 1080. The molecule has 1 fully saturated rings. The van der Waals surface area contributed by atoms with E-state index in [1.165, 1.54) is 11.2 Å². The molecule has 4 rings (SSSR count). The molecule has 0 saturated carbocycles. The molecule has 1 aromatic heterocycles. The van der Waals surface area contributed by atoms with Gasteiger partial charge in [-0.05, 0) is 55.5 Å². The second-order valence-electron chi connectivity index (χ2n) is 6.75. The van der Waals surface area contributed by atoms with Gasteiger partial charge in [-0.3, -0.25) is 14.5 Å². The third-order valence-corrected chi connectivity index (χ3v) is 4.93. The Kier molecular flexibility index (Phi) is 4.68. The minimum atomic E-state index is -0.866. The van der Waals surface area contributed by atoms with Crippen LogP contribution in [0.3, 0.4) is 0 Å². The van der Waals surface area contributed by atoms with E-state index in [4.69, 9.17) is 9.15 Å². The van der Waals surface area contributed by atoms with Gasteiger partial charge in [0.2, 0.25) is 0 Å². The molecule has 1 saturated heterocycles. The van der Waals surface area contributed by atoms with Gasteiger partial charge < -0.3 is 14.3 Å². The van der Waals surface area contributed by atoms with Crippen molar-refractivity contribution >= 4 is 23.1 Å². The summed E-state index contributed by atoms with van der Waals surface area (Å²) < 4.78 is 10.7. The molecule has 1 N–H and O–H groups in total. The zero-order chi connectivity index (χ0) is 20.5. The SMILES string of the molecule is COc1ccc(/C(O)=C2/C(=O)C(=O)N(c3ccc(C)cc3)C2c2ccco2)cc1. The summed E-state index contributed by atoms with van der Waals surface area (Å²) in [7, 11) is 1.54. The van der Waals surface area contributed by atoms with Crippen LogP contribution in [0.15, 0.2) is 76.9 Å². The first-order chi connectivity index (χ1) is 14.0. The number of aliphatic hydroxyl groups is 1. The number of Topliss-reactive ketones (excluding diaryl/α,β-unsaturated/α-hetero) is 1. The third kappa shape index (κ3) is 3.18. The van der Waals surface area contributed by atoms with Gasteiger partial charge >= 0.3 is 0 Å². The molecule has 0 spiro atoms. The van der Waals surface area contributed by atoms with Crippen LogP contribution >= 0.6 is 0 Å². The van der Waals surface area contributed by atoms with Crippen LogP contribution in [0.4, 0.5) is 5.69 Å². The normalized spacial score (nSPS) is 18.3. The number of rotatable bonds is 4. The zero-order valence-corrected chi connectivity index (χ0v) is 16.0. The van der Waals surface area contributed by atoms with E-state index in [1.807, 2.05) is 19.1 Å². The monoisotopic (exact) mass is 389 g/mol. The number of hydrogen-bond donors (Lipinski definition) is 1. The summed E-state index contributed by atoms with van der Waals surface area (Å²) in [6.07, 6.45) is 1.47. The van der Waals surface area contributed by atoms with Gasteiger partial charge in [-0.15, -0.1) is 0 Å². The fourth-order valence-corrected chi connectivity index (χ4v) is 3.42. The molecule has 146 valence electrons. The van der Waals surface area contributed by atoms with Gasteiger partial charge in [0.05, 0.1) is 18.9 Å². The lowest BCUT2D eigenvalue weighted by atomic mass is 9.99. The maximum Gasteiger partial charge on any atom is 0.300 e. The average Bonchev–Trinajstić information content (AvgIpc) is 3.36. The van der Waals surface area contributed by atoms with E-state index >= 15 is 0 Å². The minimum absolute atomic E-state index is 0.0179. The molecule has 0 bridgehead atoms. The van der Waals surface area contributed by atoms with E-state index in [9.17, 15) is 14.7 Å². The zero-order valence-electron chi connectivity index (χ0n) is 16.0. The topological polar surface area (TPSA) is 80.0 Å². The molecule has 1 amide bonds. The number of anilines is 1. The second-order valence-corrected chi connectivity index (χ2v) is 6.75. The largest absolute Gasteiger partial charge is 0.507 e. The smallest absolute Gasteiger partial charge is 0.300 e. The van der Waals surface area contributed by atoms with Crippen molar-refractivity contribution in [2.24, 2.45) is 0 Å². The lowest BCUT2D eigenvalue weighted by Crippen LogP contribution is -2.29. The fraction of sp³-hybridized carbons (Fsp3) is 0.130. The Balaban J connectivity index is 1.88. The average molecular weight is 389 g/mol. The highest BCUT2D eigenvalue weighted by atomic mass is 16.5. The molecule has 29 heavy (non-hydrogen) atoms.